The Balaban J connectivity index is 1.81. The van der Waals surface area contributed by atoms with Gasteiger partial charge >= 0.3 is 0 Å². The highest BCUT2D eigenvalue weighted by molar-refractivity contribution is 14.1. The average Bonchev–Trinajstić information content (AvgIpc) is 3.13. The van der Waals surface area contributed by atoms with Gasteiger partial charge in [-0.15, -0.1) is 10.2 Å². The molecular formula is C18H23IN6. The van der Waals surface area contributed by atoms with Crippen molar-refractivity contribution in [1.29, 1.82) is 0 Å². The zero-order valence-corrected chi connectivity index (χ0v) is 16.6. The first-order chi connectivity index (χ1) is 12.1. The Morgan fingerprint density at radius 2 is 2.16 bits per heavy atom. The summed E-state index contributed by atoms with van der Waals surface area (Å²) in [6, 6.07) is 0. The number of nitrogens with zero attached hydrogens (tertiary/aromatic N) is 5. The quantitative estimate of drug-likeness (QED) is 0.560. The molecule has 0 spiro atoms. The SMILES string of the molecule is C=C/C=C\C=C(/C)C1(CN)CCN(c2ncc(I)c3nncn23)CC1. The van der Waals surface area contributed by atoms with Gasteiger partial charge < -0.3 is 10.6 Å². The van der Waals surface area contributed by atoms with Crippen LogP contribution in [0.25, 0.3) is 5.65 Å². The predicted molar refractivity (Wildman–Crippen MR) is 110 cm³/mol. The Morgan fingerprint density at radius 3 is 2.84 bits per heavy atom. The molecule has 0 atom stereocenters. The molecule has 1 aliphatic rings. The molecule has 0 unspecified atom stereocenters. The van der Waals surface area contributed by atoms with Gasteiger partial charge in [-0.05, 0) is 42.4 Å². The van der Waals surface area contributed by atoms with Crippen molar-refractivity contribution in [3.05, 3.63) is 52.6 Å². The van der Waals surface area contributed by atoms with E-state index in [1.165, 1.54) is 5.57 Å². The summed E-state index contributed by atoms with van der Waals surface area (Å²) < 4.78 is 2.96. The van der Waals surface area contributed by atoms with Crippen LogP contribution in [0.2, 0.25) is 0 Å². The number of hydrogen-bond donors (Lipinski definition) is 1. The van der Waals surface area contributed by atoms with E-state index >= 15 is 0 Å². The molecule has 0 aromatic carbocycles. The fraction of sp³-hybridized carbons (Fsp3) is 0.389. The van der Waals surface area contributed by atoms with Gasteiger partial charge in [0.2, 0.25) is 5.95 Å². The van der Waals surface area contributed by atoms with Crippen LogP contribution < -0.4 is 10.6 Å². The molecule has 0 radical (unpaired) electrons. The molecule has 2 aromatic rings. The monoisotopic (exact) mass is 450 g/mol. The van der Waals surface area contributed by atoms with Crippen LogP contribution in [0.1, 0.15) is 19.8 Å². The summed E-state index contributed by atoms with van der Waals surface area (Å²) in [5.41, 5.74) is 8.41. The maximum atomic E-state index is 6.18. The molecule has 0 aliphatic carbocycles. The Bertz CT molecular complexity index is 814. The van der Waals surface area contributed by atoms with Crippen molar-refractivity contribution in [2.24, 2.45) is 11.1 Å². The molecule has 1 saturated heterocycles. The minimum atomic E-state index is 0.0531. The van der Waals surface area contributed by atoms with Crippen LogP contribution in [0.4, 0.5) is 5.95 Å². The first-order valence-electron chi connectivity index (χ1n) is 8.37. The number of anilines is 1. The van der Waals surface area contributed by atoms with Crippen molar-refractivity contribution < 1.29 is 0 Å². The van der Waals surface area contributed by atoms with E-state index in [0.29, 0.717) is 6.54 Å². The molecular weight excluding hydrogens is 427 g/mol. The second-order valence-electron chi connectivity index (χ2n) is 6.37. The van der Waals surface area contributed by atoms with Crippen LogP contribution in [0.3, 0.4) is 0 Å². The van der Waals surface area contributed by atoms with Crippen LogP contribution >= 0.6 is 22.6 Å². The summed E-state index contributed by atoms with van der Waals surface area (Å²) in [6.45, 7) is 8.37. The molecule has 3 heterocycles. The Kier molecular flexibility index (Phi) is 5.53. The van der Waals surface area contributed by atoms with E-state index in [4.69, 9.17) is 5.73 Å². The van der Waals surface area contributed by atoms with Gasteiger partial charge in [-0.2, -0.15) is 0 Å². The van der Waals surface area contributed by atoms with E-state index in [2.05, 4.69) is 62.3 Å². The van der Waals surface area contributed by atoms with Gasteiger partial charge in [0.05, 0.1) is 3.57 Å². The first-order valence-corrected chi connectivity index (χ1v) is 9.45. The van der Waals surface area contributed by atoms with Gasteiger partial charge in [-0.1, -0.05) is 36.5 Å². The van der Waals surface area contributed by atoms with Gasteiger partial charge in [0.15, 0.2) is 5.65 Å². The fourth-order valence-corrected chi connectivity index (χ4v) is 3.87. The first kappa shape index (κ1) is 18.1. The third-order valence-electron chi connectivity index (χ3n) is 5.09. The van der Waals surface area contributed by atoms with Gasteiger partial charge in [0.1, 0.15) is 6.33 Å². The fourth-order valence-electron chi connectivity index (χ4n) is 3.36. The van der Waals surface area contributed by atoms with Gasteiger partial charge in [-0.3, -0.25) is 4.40 Å². The zero-order chi connectivity index (χ0) is 17.9. The molecule has 0 saturated carbocycles. The van der Waals surface area contributed by atoms with Crippen molar-refractivity contribution >= 4 is 34.2 Å². The summed E-state index contributed by atoms with van der Waals surface area (Å²) in [7, 11) is 0. The third-order valence-corrected chi connectivity index (χ3v) is 5.86. The second kappa shape index (κ2) is 7.65. The lowest BCUT2D eigenvalue weighted by Gasteiger charge is -2.42. The highest BCUT2D eigenvalue weighted by Crippen LogP contribution is 2.38. The standard InChI is InChI=1S/C18H23IN6/c1-3-4-5-6-14(2)18(12-20)7-9-24(10-8-18)17-21-11-15(19)16-23-22-13-25(16)17/h3-6,11,13H,1,7-10,12,20H2,2H3/b5-4-,14-6+. The highest BCUT2D eigenvalue weighted by Gasteiger charge is 2.35. The van der Waals surface area contributed by atoms with E-state index < -0.39 is 0 Å². The summed E-state index contributed by atoms with van der Waals surface area (Å²) in [6.07, 6.45) is 13.5. The minimum Gasteiger partial charge on any atom is -0.342 e. The lowest BCUT2D eigenvalue weighted by Crippen LogP contribution is -2.45. The molecule has 0 bridgehead atoms. The predicted octanol–water partition coefficient (Wildman–Crippen LogP) is 2.96. The number of allylic oxidation sites excluding steroid dienone is 4. The van der Waals surface area contributed by atoms with Crippen LogP contribution in [-0.4, -0.2) is 39.2 Å². The zero-order valence-electron chi connectivity index (χ0n) is 14.4. The molecule has 2 N–H and O–H groups in total. The third kappa shape index (κ3) is 3.48. The van der Waals surface area contributed by atoms with Crippen molar-refractivity contribution in [1.82, 2.24) is 19.6 Å². The van der Waals surface area contributed by atoms with E-state index in [0.717, 1.165) is 41.1 Å². The maximum Gasteiger partial charge on any atom is 0.212 e. The smallest absolute Gasteiger partial charge is 0.212 e. The summed E-state index contributed by atoms with van der Waals surface area (Å²) >= 11 is 2.24. The summed E-state index contributed by atoms with van der Waals surface area (Å²) in [5, 5.41) is 8.21. The van der Waals surface area contributed by atoms with Crippen molar-refractivity contribution in [2.75, 3.05) is 24.5 Å². The van der Waals surface area contributed by atoms with Crippen LogP contribution in [0.15, 0.2) is 49.0 Å². The normalized spacial score (nSPS) is 18.2. The molecule has 7 heteroatoms. The molecule has 1 aliphatic heterocycles. The topological polar surface area (TPSA) is 72.3 Å². The molecule has 2 aromatic heterocycles. The van der Waals surface area contributed by atoms with E-state index in [-0.39, 0.29) is 5.41 Å². The lowest BCUT2D eigenvalue weighted by atomic mass is 9.72. The maximum absolute atomic E-state index is 6.18. The van der Waals surface area contributed by atoms with E-state index in [1.807, 2.05) is 22.7 Å². The number of nitrogens with two attached hydrogens (primary N) is 1. The molecule has 25 heavy (non-hydrogen) atoms. The highest BCUT2D eigenvalue weighted by atomic mass is 127. The molecule has 0 amide bonds. The number of halogens is 1. The Morgan fingerprint density at radius 1 is 1.40 bits per heavy atom. The largest absolute Gasteiger partial charge is 0.342 e. The Hall–Kier alpha value is -1.74. The number of piperidine rings is 1. The molecule has 132 valence electrons. The number of fused-ring (bicyclic) bond motifs is 1. The summed E-state index contributed by atoms with van der Waals surface area (Å²) in [4.78, 5) is 6.91. The van der Waals surface area contributed by atoms with Crippen molar-refractivity contribution in [3.8, 4) is 0 Å². The number of hydrogen-bond acceptors (Lipinski definition) is 5. The van der Waals surface area contributed by atoms with Gasteiger partial charge in [-0.25, -0.2) is 4.98 Å². The van der Waals surface area contributed by atoms with Crippen molar-refractivity contribution in [3.63, 3.8) is 0 Å². The Labute approximate surface area is 161 Å². The molecule has 1 fully saturated rings. The summed E-state index contributed by atoms with van der Waals surface area (Å²) in [5.74, 6) is 0.902. The van der Waals surface area contributed by atoms with Gasteiger partial charge in [0.25, 0.3) is 0 Å². The van der Waals surface area contributed by atoms with Gasteiger partial charge in [0, 0.05) is 31.2 Å². The van der Waals surface area contributed by atoms with Crippen LogP contribution in [0.5, 0.6) is 0 Å². The molecule has 3 rings (SSSR count). The second-order valence-corrected chi connectivity index (χ2v) is 7.53. The molecule has 6 nitrogen and oxygen atoms in total. The van der Waals surface area contributed by atoms with E-state index in [9.17, 15) is 0 Å². The minimum absolute atomic E-state index is 0.0531. The average molecular weight is 450 g/mol. The van der Waals surface area contributed by atoms with Crippen LogP contribution in [0, 0.1) is 8.99 Å². The van der Waals surface area contributed by atoms with Crippen LogP contribution in [-0.2, 0) is 0 Å². The van der Waals surface area contributed by atoms with Crippen molar-refractivity contribution in [2.45, 2.75) is 19.8 Å². The lowest BCUT2D eigenvalue weighted by molar-refractivity contribution is 0.281. The number of aromatic nitrogens is 4. The van der Waals surface area contributed by atoms with E-state index in [1.54, 1.807) is 12.4 Å². The number of rotatable bonds is 5.